The molecule has 5 heterocycles. The van der Waals surface area contributed by atoms with Crippen molar-refractivity contribution in [1.29, 1.82) is 0 Å². The molecule has 3 aliphatic rings. The van der Waals surface area contributed by atoms with Crippen LogP contribution in [0.2, 0.25) is 0 Å². The number of hydrogen-bond acceptors (Lipinski definition) is 7. The van der Waals surface area contributed by atoms with Gasteiger partial charge in [-0.05, 0) is 37.4 Å². The van der Waals surface area contributed by atoms with Crippen molar-refractivity contribution in [1.82, 2.24) is 20.3 Å². The Morgan fingerprint density at radius 3 is 2.76 bits per heavy atom. The van der Waals surface area contributed by atoms with E-state index in [0.29, 0.717) is 19.1 Å². The summed E-state index contributed by atoms with van der Waals surface area (Å²) in [6.07, 6.45) is -8.36. The third kappa shape index (κ3) is 4.05. The zero-order valence-corrected chi connectivity index (χ0v) is 17.1. The molecule has 176 valence electrons. The smallest absolute Gasteiger partial charge is 0.416 e. The van der Waals surface area contributed by atoms with Gasteiger partial charge in [0, 0.05) is 19.1 Å². The number of piperidine rings is 1. The maximum Gasteiger partial charge on any atom is 0.416 e. The fourth-order valence-electron chi connectivity index (χ4n) is 4.67. The molecule has 1 amide bonds. The predicted molar refractivity (Wildman–Crippen MR) is 106 cm³/mol. The molecule has 8 nitrogen and oxygen atoms in total. The summed E-state index contributed by atoms with van der Waals surface area (Å²) >= 11 is 0. The van der Waals surface area contributed by atoms with Gasteiger partial charge in [0.1, 0.15) is 23.7 Å². The number of carbonyl (C=O) groups is 1. The molecular weight excluding hydrogens is 451 g/mol. The van der Waals surface area contributed by atoms with E-state index in [4.69, 9.17) is 0 Å². The number of aromatic nitrogens is 3. The zero-order chi connectivity index (χ0) is 23.3. The van der Waals surface area contributed by atoms with Gasteiger partial charge in [-0.25, -0.2) is 28.5 Å². The fourth-order valence-corrected chi connectivity index (χ4v) is 4.67. The zero-order valence-electron chi connectivity index (χ0n) is 17.1. The molecule has 0 aromatic carbocycles. The number of rotatable bonds is 3. The maximum atomic E-state index is 13.8. The number of hydrogen-bond donors (Lipinski definition) is 2. The Morgan fingerprint density at radius 2 is 2.00 bits per heavy atom. The molecule has 0 bridgehead atoms. The monoisotopic (exact) mass is 470 g/mol. The average Bonchev–Trinajstić information content (AvgIpc) is 3.25. The van der Waals surface area contributed by atoms with Crippen molar-refractivity contribution in [3.8, 4) is 11.4 Å². The van der Waals surface area contributed by atoms with Gasteiger partial charge in [0.2, 0.25) is 0 Å². The molecule has 13 heteroatoms. The molecule has 2 unspecified atom stereocenters. The molecule has 0 radical (unpaired) electrons. The van der Waals surface area contributed by atoms with Gasteiger partial charge in [-0.1, -0.05) is 0 Å². The summed E-state index contributed by atoms with van der Waals surface area (Å²) in [5.74, 6) is 0.129. The number of alkyl halides is 5. The number of nitrogens with zero attached hydrogens (tertiary/aromatic N) is 4. The Bertz CT molecular complexity index is 1080. The number of halogens is 5. The van der Waals surface area contributed by atoms with Crippen LogP contribution in [-0.4, -0.2) is 53.1 Å². The number of nitrogens with one attached hydrogen (secondary N) is 2. The first-order valence-electron chi connectivity index (χ1n) is 10.4. The topological polar surface area (TPSA) is 92.3 Å². The van der Waals surface area contributed by atoms with Crippen molar-refractivity contribution in [2.45, 2.75) is 37.6 Å². The molecule has 33 heavy (non-hydrogen) atoms. The molecule has 0 saturated carbocycles. The lowest BCUT2D eigenvalue weighted by molar-refractivity contribution is -0.137. The van der Waals surface area contributed by atoms with Crippen LogP contribution < -0.4 is 15.5 Å². The Kier molecular flexibility index (Phi) is 5.30. The molecule has 2 aromatic heterocycles. The van der Waals surface area contributed by atoms with E-state index in [1.165, 1.54) is 0 Å². The minimum absolute atomic E-state index is 0.0897. The van der Waals surface area contributed by atoms with Crippen molar-refractivity contribution < 1.29 is 31.5 Å². The first-order chi connectivity index (χ1) is 15.7. The van der Waals surface area contributed by atoms with Gasteiger partial charge in [-0.15, -0.1) is 0 Å². The minimum atomic E-state index is -4.69. The van der Waals surface area contributed by atoms with Gasteiger partial charge < -0.3 is 15.0 Å². The van der Waals surface area contributed by atoms with Gasteiger partial charge in [0.05, 0.1) is 16.8 Å². The molecule has 2 fully saturated rings. The van der Waals surface area contributed by atoms with Crippen molar-refractivity contribution in [2.75, 3.05) is 29.9 Å². The van der Waals surface area contributed by atoms with Crippen LogP contribution in [0, 0.1) is 5.92 Å². The Hall–Kier alpha value is -3.09. The van der Waals surface area contributed by atoms with E-state index in [0.717, 1.165) is 37.8 Å². The quantitative estimate of drug-likeness (QED) is 0.662. The third-order valence-corrected chi connectivity index (χ3v) is 6.21. The van der Waals surface area contributed by atoms with Crippen LogP contribution in [0.3, 0.4) is 0 Å². The van der Waals surface area contributed by atoms with Crippen molar-refractivity contribution >= 4 is 17.7 Å². The van der Waals surface area contributed by atoms with Crippen LogP contribution >= 0.6 is 0 Å². The van der Waals surface area contributed by atoms with Crippen LogP contribution in [0.5, 0.6) is 0 Å². The van der Waals surface area contributed by atoms with Crippen LogP contribution in [0.15, 0.2) is 18.5 Å². The van der Waals surface area contributed by atoms with E-state index in [2.05, 4.69) is 30.3 Å². The highest BCUT2D eigenvalue weighted by Gasteiger charge is 2.40. The van der Waals surface area contributed by atoms with Gasteiger partial charge in [0.15, 0.2) is 6.10 Å². The van der Waals surface area contributed by atoms with Gasteiger partial charge >= 0.3 is 12.3 Å². The summed E-state index contributed by atoms with van der Waals surface area (Å²) in [5, 5.41) is 5.58. The predicted octanol–water partition coefficient (Wildman–Crippen LogP) is 3.61. The summed E-state index contributed by atoms with van der Waals surface area (Å²) in [4.78, 5) is 25.5. The normalized spacial score (nSPS) is 24.8. The van der Waals surface area contributed by atoms with E-state index in [-0.39, 0.29) is 34.5 Å². The summed E-state index contributed by atoms with van der Waals surface area (Å²) in [7, 11) is 0. The van der Waals surface area contributed by atoms with Gasteiger partial charge in [-0.2, -0.15) is 13.2 Å². The van der Waals surface area contributed by atoms with E-state index >= 15 is 0 Å². The second kappa shape index (κ2) is 8.04. The molecule has 5 rings (SSSR count). The number of cyclic esters (lactones) is 1. The number of carbonyl (C=O) groups excluding carboxylic acids is 1. The molecule has 2 saturated heterocycles. The first-order valence-corrected chi connectivity index (χ1v) is 10.4. The second-order valence-corrected chi connectivity index (χ2v) is 8.21. The highest BCUT2D eigenvalue weighted by molar-refractivity contribution is 5.88. The molecule has 0 aliphatic carbocycles. The summed E-state index contributed by atoms with van der Waals surface area (Å²) in [5.41, 5.74) is -1.80. The number of fused-ring (bicyclic) bond motifs is 2. The minimum Gasteiger partial charge on any atom is -0.435 e. The standard InChI is InChI=1S/C20H19F5N6O2/c21-17(22)16-14-15(27-8-28-18(14)30-19(32)33-16)12-5-10(20(23,24)25)6-13(29-12)31-4-2-11-9(7-31)1-3-26-11/h5-6,8-9,11,16-17,26H,1-4,7H2,(H,27,28,30,32)/t9?,11?,16-/m1/s1. The van der Waals surface area contributed by atoms with E-state index in [1.54, 1.807) is 4.90 Å². The SMILES string of the molecule is O=C1Nc2ncnc(-c3cc(C(F)(F)F)cc(N4CCC5NCCC5C4)n3)c2[C@H](C(F)F)O1. The van der Waals surface area contributed by atoms with Crippen LogP contribution in [0.25, 0.3) is 11.4 Å². The maximum absolute atomic E-state index is 13.8. The van der Waals surface area contributed by atoms with Crippen LogP contribution in [-0.2, 0) is 10.9 Å². The highest BCUT2D eigenvalue weighted by Crippen LogP contribution is 2.41. The fraction of sp³-hybridized carbons (Fsp3) is 0.500. The first kappa shape index (κ1) is 21.7. The molecular formula is C20H19F5N6O2. The number of amides is 1. The largest absolute Gasteiger partial charge is 0.435 e. The Labute approximate surface area is 184 Å². The molecule has 2 aromatic rings. The lowest BCUT2D eigenvalue weighted by Crippen LogP contribution is -2.44. The van der Waals surface area contributed by atoms with Gasteiger partial charge in [0.25, 0.3) is 6.43 Å². The Balaban J connectivity index is 1.61. The average molecular weight is 470 g/mol. The third-order valence-electron chi connectivity index (χ3n) is 6.21. The lowest BCUT2D eigenvalue weighted by Gasteiger charge is -2.36. The second-order valence-electron chi connectivity index (χ2n) is 8.21. The molecule has 3 atom stereocenters. The van der Waals surface area contributed by atoms with Crippen molar-refractivity contribution in [3.63, 3.8) is 0 Å². The molecule has 3 aliphatic heterocycles. The van der Waals surface area contributed by atoms with E-state index < -0.39 is 30.4 Å². The van der Waals surface area contributed by atoms with E-state index in [1.807, 2.05) is 0 Å². The number of anilines is 2. The summed E-state index contributed by atoms with van der Waals surface area (Å²) in [6.45, 7) is 1.90. The highest BCUT2D eigenvalue weighted by atomic mass is 19.4. The van der Waals surface area contributed by atoms with Crippen LogP contribution in [0.4, 0.5) is 38.4 Å². The molecule has 2 N–H and O–H groups in total. The van der Waals surface area contributed by atoms with Crippen molar-refractivity contribution in [2.24, 2.45) is 5.92 Å². The summed E-state index contributed by atoms with van der Waals surface area (Å²) in [6, 6.07) is 2.05. The number of pyridine rings is 1. The van der Waals surface area contributed by atoms with E-state index in [9.17, 15) is 26.7 Å². The van der Waals surface area contributed by atoms with Gasteiger partial charge in [-0.3, -0.25) is 5.32 Å². The summed E-state index contributed by atoms with van der Waals surface area (Å²) < 4.78 is 73.2. The number of ether oxygens (including phenoxy) is 1. The molecule has 0 spiro atoms. The van der Waals surface area contributed by atoms with Crippen LogP contribution in [0.1, 0.15) is 30.1 Å². The lowest BCUT2D eigenvalue weighted by atomic mass is 9.93. The van der Waals surface area contributed by atoms with Crippen molar-refractivity contribution in [3.05, 3.63) is 29.6 Å². The Morgan fingerprint density at radius 1 is 1.18 bits per heavy atom.